The average molecular weight is 324 g/mol. The quantitative estimate of drug-likeness (QED) is 0.834. The number of rotatable bonds is 7. The van der Waals surface area contributed by atoms with Gasteiger partial charge in [-0.25, -0.2) is 8.42 Å². The maximum absolute atomic E-state index is 12.2. The van der Waals surface area contributed by atoms with Gasteiger partial charge in [-0.1, -0.05) is 30.1 Å². The number of hydrogen-bond donors (Lipinski definition) is 1. The van der Waals surface area contributed by atoms with Crippen LogP contribution in [0.25, 0.3) is 0 Å². The van der Waals surface area contributed by atoms with E-state index in [1.807, 2.05) is 13.8 Å². The minimum Gasteiger partial charge on any atom is -0.315 e. The molecular weight excluding hydrogens is 305 g/mol. The third-order valence-corrected chi connectivity index (χ3v) is 5.34. The van der Waals surface area contributed by atoms with Gasteiger partial charge in [0, 0.05) is 11.1 Å². The van der Waals surface area contributed by atoms with Crippen molar-refractivity contribution in [3.8, 4) is 0 Å². The van der Waals surface area contributed by atoms with Crippen LogP contribution in [0, 0.1) is 0 Å². The zero-order valence-electron chi connectivity index (χ0n) is 11.1. The van der Waals surface area contributed by atoms with Gasteiger partial charge < -0.3 is 5.32 Å². The molecule has 1 N–H and O–H groups in total. The van der Waals surface area contributed by atoms with Crippen molar-refractivity contribution in [1.29, 1.82) is 0 Å². The Morgan fingerprint density at radius 2 is 2.00 bits per heavy atom. The fraction of sp³-hybridized carbons (Fsp3) is 0.538. The normalized spacial score (nSPS) is 13.5. The average Bonchev–Trinajstić information content (AvgIpc) is 2.32. The summed E-state index contributed by atoms with van der Waals surface area (Å²) >= 11 is 11.7. The molecule has 108 valence electrons. The number of nitrogens with one attached hydrogen (secondary N) is 1. The number of hydrogen-bond acceptors (Lipinski definition) is 3. The fourth-order valence-corrected chi connectivity index (χ4v) is 4.00. The van der Waals surface area contributed by atoms with Crippen LogP contribution >= 0.6 is 23.2 Å². The van der Waals surface area contributed by atoms with Gasteiger partial charge in [0.25, 0.3) is 0 Å². The van der Waals surface area contributed by atoms with Crippen molar-refractivity contribution < 1.29 is 8.42 Å². The molecule has 6 heteroatoms. The third kappa shape index (κ3) is 5.30. The third-order valence-electron chi connectivity index (χ3n) is 2.83. The van der Waals surface area contributed by atoms with Crippen LogP contribution in [-0.2, 0) is 9.84 Å². The van der Waals surface area contributed by atoms with Gasteiger partial charge >= 0.3 is 0 Å². The van der Waals surface area contributed by atoms with Crippen LogP contribution in [0.2, 0.25) is 10.0 Å². The highest BCUT2D eigenvalue weighted by molar-refractivity contribution is 7.91. The first-order valence-electron chi connectivity index (χ1n) is 6.28. The van der Waals surface area contributed by atoms with Crippen molar-refractivity contribution in [2.75, 3.05) is 12.3 Å². The van der Waals surface area contributed by atoms with Crippen LogP contribution in [0.15, 0.2) is 23.1 Å². The Labute approximate surface area is 125 Å². The molecule has 0 aliphatic rings. The van der Waals surface area contributed by atoms with Gasteiger partial charge in [-0.05, 0) is 44.5 Å². The summed E-state index contributed by atoms with van der Waals surface area (Å²) in [4.78, 5) is 0.123. The summed E-state index contributed by atoms with van der Waals surface area (Å²) in [5.74, 6) is 0.0861. The van der Waals surface area contributed by atoms with Gasteiger partial charge in [0.2, 0.25) is 0 Å². The lowest BCUT2D eigenvalue weighted by Gasteiger charge is -2.12. The van der Waals surface area contributed by atoms with Crippen molar-refractivity contribution in [2.24, 2.45) is 0 Å². The Morgan fingerprint density at radius 1 is 1.32 bits per heavy atom. The molecule has 0 radical (unpaired) electrons. The lowest BCUT2D eigenvalue weighted by atomic mass is 10.2. The van der Waals surface area contributed by atoms with E-state index in [9.17, 15) is 8.42 Å². The first-order chi connectivity index (χ1) is 8.86. The molecule has 3 nitrogen and oxygen atoms in total. The van der Waals surface area contributed by atoms with E-state index in [0.29, 0.717) is 17.5 Å². The maximum atomic E-state index is 12.2. The minimum atomic E-state index is -3.37. The van der Waals surface area contributed by atoms with Gasteiger partial charge in [0.05, 0.1) is 15.7 Å². The Hall–Kier alpha value is -0.290. The highest BCUT2D eigenvalue weighted by Gasteiger charge is 2.18. The van der Waals surface area contributed by atoms with Crippen molar-refractivity contribution in [3.63, 3.8) is 0 Å². The van der Waals surface area contributed by atoms with E-state index >= 15 is 0 Å². The SMILES string of the molecule is CCNC(C)CCCS(=O)(=O)c1cc(Cl)ccc1Cl. The Morgan fingerprint density at radius 3 is 2.63 bits per heavy atom. The largest absolute Gasteiger partial charge is 0.315 e. The standard InChI is InChI=1S/C13H19Cl2NO2S/c1-3-16-10(2)5-4-8-19(17,18)13-9-11(14)6-7-12(13)15/h6-7,9-10,16H,3-5,8H2,1-2H3. The summed E-state index contributed by atoms with van der Waals surface area (Å²) in [6, 6.07) is 4.82. The molecule has 0 aromatic heterocycles. The zero-order valence-corrected chi connectivity index (χ0v) is 13.4. The zero-order chi connectivity index (χ0) is 14.5. The fourth-order valence-electron chi connectivity index (χ4n) is 1.86. The monoisotopic (exact) mass is 323 g/mol. The van der Waals surface area contributed by atoms with E-state index in [4.69, 9.17) is 23.2 Å². The summed E-state index contributed by atoms with van der Waals surface area (Å²) in [5.41, 5.74) is 0. The molecule has 0 saturated carbocycles. The van der Waals surface area contributed by atoms with Crippen LogP contribution < -0.4 is 5.32 Å². The minimum absolute atomic E-state index is 0.0861. The molecular formula is C13H19Cl2NO2S. The van der Waals surface area contributed by atoms with E-state index in [1.165, 1.54) is 12.1 Å². The first-order valence-corrected chi connectivity index (χ1v) is 8.69. The smallest absolute Gasteiger partial charge is 0.179 e. The Balaban J connectivity index is 2.68. The summed E-state index contributed by atoms with van der Waals surface area (Å²) < 4.78 is 24.4. The summed E-state index contributed by atoms with van der Waals surface area (Å²) in [7, 11) is -3.37. The molecule has 1 aromatic carbocycles. The van der Waals surface area contributed by atoms with Crippen LogP contribution in [-0.4, -0.2) is 26.8 Å². The Kier molecular flexibility index (Phi) is 6.60. The molecule has 1 aromatic rings. The first kappa shape index (κ1) is 16.8. The highest BCUT2D eigenvalue weighted by atomic mass is 35.5. The highest BCUT2D eigenvalue weighted by Crippen LogP contribution is 2.26. The van der Waals surface area contributed by atoms with E-state index in [-0.39, 0.29) is 15.7 Å². The lowest BCUT2D eigenvalue weighted by molar-refractivity contribution is 0.521. The van der Waals surface area contributed by atoms with E-state index in [2.05, 4.69) is 5.32 Å². The molecule has 0 spiro atoms. The van der Waals surface area contributed by atoms with Gasteiger partial charge in [-0.15, -0.1) is 0 Å². The molecule has 0 amide bonds. The molecule has 0 fully saturated rings. The Bertz CT molecular complexity index is 517. The second kappa shape index (κ2) is 7.48. The van der Waals surface area contributed by atoms with Crippen molar-refractivity contribution >= 4 is 33.0 Å². The molecule has 0 heterocycles. The molecule has 19 heavy (non-hydrogen) atoms. The molecule has 1 atom stereocenters. The molecule has 1 unspecified atom stereocenters. The number of sulfone groups is 1. The van der Waals surface area contributed by atoms with E-state index in [0.717, 1.165) is 13.0 Å². The second-order valence-electron chi connectivity index (χ2n) is 4.49. The van der Waals surface area contributed by atoms with Crippen molar-refractivity contribution in [1.82, 2.24) is 5.32 Å². The predicted molar refractivity (Wildman–Crippen MR) is 80.9 cm³/mol. The van der Waals surface area contributed by atoms with E-state index in [1.54, 1.807) is 6.07 Å². The van der Waals surface area contributed by atoms with E-state index < -0.39 is 9.84 Å². The van der Waals surface area contributed by atoms with Crippen LogP contribution in [0.3, 0.4) is 0 Å². The van der Waals surface area contributed by atoms with Gasteiger partial charge in [-0.3, -0.25) is 0 Å². The molecule has 1 rings (SSSR count). The molecule has 0 aliphatic carbocycles. The topological polar surface area (TPSA) is 46.2 Å². The van der Waals surface area contributed by atoms with Gasteiger partial charge in [0.15, 0.2) is 9.84 Å². The molecule has 0 aliphatic heterocycles. The maximum Gasteiger partial charge on any atom is 0.179 e. The lowest BCUT2D eigenvalue weighted by Crippen LogP contribution is -2.26. The van der Waals surface area contributed by atoms with Gasteiger partial charge in [0.1, 0.15) is 0 Å². The van der Waals surface area contributed by atoms with Gasteiger partial charge in [-0.2, -0.15) is 0 Å². The summed E-state index contributed by atoms with van der Waals surface area (Å²) in [6.45, 7) is 4.95. The van der Waals surface area contributed by atoms with Crippen LogP contribution in [0.5, 0.6) is 0 Å². The predicted octanol–water partition coefficient (Wildman–Crippen LogP) is 3.55. The van der Waals surface area contributed by atoms with Crippen LogP contribution in [0.1, 0.15) is 26.7 Å². The molecule has 0 saturated heterocycles. The summed E-state index contributed by atoms with van der Waals surface area (Å²) in [6.07, 6.45) is 1.41. The number of halogens is 2. The summed E-state index contributed by atoms with van der Waals surface area (Å²) in [5, 5.41) is 3.85. The number of benzene rings is 1. The van der Waals surface area contributed by atoms with Crippen molar-refractivity contribution in [2.45, 2.75) is 37.6 Å². The van der Waals surface area contributed by atoms with Crippen LogP contribution in [0.4, 0.5) is 0 Å². The second-order valence-corrected chi connectivity index (χ2v) is 7.42. The molecule has 0 bridgehead atoms. The van der Waals surface area contributed by atoms with Crippen molar-refractivity contribution in [3.05, 3.63) is 28.2 Å².